The van der Waals surface area contributed by atoms with Crippen LogP contribution < -0.4 is 0 Å². The van der Waals surface area contributed by atoms with Crippen molar-refractivity contribution in [3.8, 4) is 11.5 Å². The first-order valence-corrected chi connectivity index (χ1v) is 5.74. The van der Waals surface area contributed by atoms with E-state index in [1.807, 2.05) is 48.5 Å². The highest BCUT2D eigenvalue weighted by Gasteiger charge is 2.13. The molecule has 0 N–H and O–H groups in total. The summed E-state index contributed by atoms with van der Waals surface area (Å²) in [5.41, 5.74) is 3.38. The SMILES string of the molecule is c1ccc2oc(-c3coc4ccccc34)nc2c1. The Morgan fingerprint density at radius 2 is 1.61 bits per heavy atom. The molecule has 4 aromatic rings. The molecule has 0 aliphatic heterocycles. The first-order valence-electron chi connectivity index (χ1n) is 5.74. The van der Waals surface area contributed by atoms with Crippen LogP contribution in [0.2, 0.25) is 0 Å². The van der Waals surface area contributed by atoms with E-state index in [2.05, 4.69) is 4.98 Å². The van der Waals surface area contributed by atoms with Crippen LogP contribution in [0.15, 0.2) is 63.6 Å². The molecule has 0 spiro atoms. The van der Waals surface area contributed by atoms with Gasteiger partial charge in [-0.25, -0.2) is 4.98 Å². The third kappa shape index (κ3) is 1.27. The number of oxazole rings is 1. The Hall–Kier alpha value is -2.55. The van der Waals surface area contributed by atoms with Gasteiger partial charge in [0.15, 0.2) is 5.58 Å². The van der Waals surface area contributed by atoms with Gasteiger partial charge in [0, 0.05) is 5.39 Å². The van der Waals surface area contributed by atoms with Crippen LogP contribution >= 0.6 is 0 Å². The van der Waals surface area contributed by atoms with Gasteiger partial charge >= 0.3 is 0 Å². The molecule has 0 fully saturated rings. The molecule has 0 bridgehead atoms. The van der Waals surface area contributed by atoms with Crippen LogP contribution in [-0.2, 0) is 0 Å². The van der Waals surface area contributed by atoms with Gasteiger partial charge in [0.05, 0.1) is 5.56 Å². The van der Waals surface area contributed by atoms with E-state index in [4.69, 9.17) is 8.83 Å². The lowest BCUT2D eigenvalue weighted by Gasteiger charge is -1.89. The van der Waals surface area contributed by atoms with Crippen molar-refractivity contribution in [3.05, 3.63) is 54.8 Å². The second kappa shape index (κ2) is 3.47. The predicted molar refractivity (Wildman–Crippen MR) is 69.2 cm³/mol. The third-order valence-corrected chi connectivity index (χ3v) is 3.01. The number of aromatic nitrogens is 1. The lowest BCUT2D eigenvalue weighted by molar-refractivity contribution is 0.601. The average Bonchev–Trinajstić information content (AvgIpc) is 3.02. The van der Waals surface area contributed by atoms with Gasteiger partial charge in [0.2, 0.25) is 5.89 Å². The summed E-state index contributed by atoms with van der Waals surface area (Å²) in [6, 6.07) is 15.6. The quantitative estimate of drug-likeness (QED) is 0.495. The number of para-hydroxylation sites is 3. The summed E-state index contributed by atoms with van der Waals surface area (Å²) in [6.07, 6.45) is 1.69. The molecule has 0 unspecified atom stereocenters. The average molecular weight is 235 g/mol. The van der Waals surface area contributed by atoms with Crippen molar-refractivity contribution >= 4 is 22.1 Å². The fourth-order valence-electron chi connectivity index (χ4n) is 2.13. The number of fused-ring (bicyclic) bond motifs is 2. The van der Waals surface area contributed by atoms with E-state index in [9.17, 15) is 0 Å². The van der Waals surface area contributed by atoms with Gasteiger partial charge in [-0.2, -0.15) is 0 Å². The fraction of sp³-hybridized carbons (Fsp3) is 0. The van der Waals surface area contributed by atoms with E-state index in [0.29, 0.717) is 5.89 Å². The van der Waals surface area contributed by atoms with Crippen molar-refractivity contribution in [2.75, 3.05) is 0 Å². The lowest BCUT2D eigenvalue weighted by atomic mass is 10.2. The van der Waals surface area contributed by atoms with Crippen LogP contribution in [0.5, 0.6) is 0 Å². The summed E-state index contributed by atoms with van der Waals surface area (Å²) < 4.78 is 11.2. The Morgan fingerprint density at radius 3 is 2.50 bits per heavy atom. The minimum Gasteiger partial charge on any atom is -0.463 e. The second-order valence-corrected chi connectivity index (χ2v) is 4.13. The van der Waals surface area contributed by atoms with E-state index < -0.39 is 0 Å². The summed E-state index contributed by atoms with van der Waals surface area (Å²) in [5.74, 6) is 0.598. The molecular weight excluding hydrogens is 226 g/mol. The topological polar surface area (TPSA) is 39.2 Å². The lowest BCUT2D eigenvalue weighted by Crippen LogP contribution is -1.73. The molecule has 0 atom stereocenters. The van der Waals surface area contributed by atoms with E-state index in [-0.39, 0.29) is 0 Å². The van der Waals surface area contributed by atoms with Crippen LogP contribution in [0, 0.1) is 0 Å². The minimum atomic E-state index is 0.598. The number of furan rings is 1. The predicted octanol–water partition coefficient (Wildman–Crippen LogP) is 4.24. The number of benzene rings is 2. The van der Waals surface area contributed by atoms with Gasteiger partial charge in [-0.1, -0.05) is 30.3 Å². The van der Waals surface area contributed by atoms with Crippen molar-refractivity contribution in [1.29, 1.82) is 0 Å². The zero-order valence-corrected chi connectivity index (χ0v) is 9.46. The minimum absolute atomic E-state index is 0.598. The summed E-state index contributed by atoms with van der Waals surface area (Å²) in [4.78, 5) is 4.48. The van der Waals surface area contributed by atoms with Crippen LogP contribution in [0.3, 0.4) is 0 Å². The van der Waals surface area contributed by atoms with Gasteiger partial charge in [-0.05, 0) is 18.2 Å². The molecule has 2 aromatic carbocycles. The Kier molecular flexibility index (Phi) is 1.83. The fourth-order valence-corrected chi connectivity index (χ4v) is 2.13. The molecule has 2 aromatic heterocycles. The van der Waals surface area contributed by atoms with E-state index in [0.717, 1.165) is 27.6 Å². The maximum absolute atomic E-state index is 5.75. The Bertz CT molecular complexity index is 809. The standard InChI is InChI=1S/C15H9NO2/c1-3-7-13-10(5-1)11(9-17-13)15-16-12-6-2-4-8-14(12)18-15/h1-9H. The number of rotatable bonds is 1. The molecule has 0 saturated heterocycles. The Morgan fingerprint density at radius 1 is 0.833 bits per heavy atom. The van der Waals surface area contributed by atoms with Crippen molar-refractivity contribution in [3.63, 3.8) is 0 Å². The van der Waals surface area contributed by atoms with E-state index >= 15 is 0 Å². The van der Waals surface area contributed by atoms with E-state index in [1.54, 1.807) is 6.26 Å². The zero-order valence-electron chi connectivity index (χ0n) is 9.46. The summed E-state index contributed by atoms with van der Waals surface area (Å²) in [5, 5.41) is 1.02. The molecule has 3 nitrogen and oxygen atoms in total. The molecule has 2 heterocycles. The summed E-state index contributed by atoms with van der Waals surface area (Å²) in [7, 11) is 0. The smallest absolute Gasteiger partial charge is 0.231 e. The van der Waals surface area contributed by atoms with Gasteiger partial charge < -0.3 is 8.83 Å². The maximum atomic E-state index is 5.75. The van der Waals surface area contributed by atoms with Crippen LogP contribution in [0.25, 0.3) is 33.5 Å². The molecule has 0 saturated carbocycles. The maximum Gasteiger partial charge on any atom is 0.231 e. The van der Waals surface area contributed by atoms with Gasteiger partial charge in [-0.3, -0.25) is 0 Å². The molecule has 4 rings (SSSR count). The normalized spacial score (nSPS) is 11.3. The first-order chi connectivity index (χ1) is 8.92. The molecule has 0 aliphatic rings. The molecule has 0 aliphatic carbocycles. The van der Waals surface area contributed by atoms with E-state index in [1.165, 1.54) is 0 Å². The number of hydrogen-bond donors (Lipinski definition) is 0. The second-order valence-electron chi connectivity index (χ2n) is 4.13. The highest BCUT2D eigenvalue weighted by Crippen LogP contribution is 2.31. The molecule has 0 radical (unpaired) electrons. The molecule has 3 heteroatoms. The van der Waals surface area contributed by atoms with Crippen LogP contribution in [0.1, 0.15) is 0 Å². The molecule has 0 amide bonds. The number of nitrogens with zero attached hydrogens (tertiary/aromatic N) is 1. The van der Waals surface area contributed by atoms with Gasteiger partial charge in [0.1, 0.15) is 17.4 Å². The van der Waals surface area contributed by atoms with Crippen molar-refractivity contribution in [2.24, 2.45) is 0 Å². The molecule has 18 heavy (non-hydrogen) atoms. The third-order valence-electron chi connectivity index (χ3n) is 3.01. The van der Waals surface area contributed by atoms with Crippen molar-refractivity contribution in [2.45, 2.75) is 0 Å². The Labute approximate surface area is 103 Å². The highest BCUT2D eigenvalue weighted by atomic mass is 16.4. The van der Waals surface area contributed by atoms with Crippen LogP contribution in [-0.4, -0.2) is 4.98 Å². The highest BCUT2D eigenvalue weighted by molar-refractivity contribution is 5.92. The van der Waals surface area contributed by atoms with Crippen LogP contribution in [0.4, 0.5) is 0 Å². The monoisotopic (exact) mass is 235 g/mol. The Balaban J connectivity index is 2.01. The van der Waals surface area contributed by atoms with Crippen molar-refractivity contribution in [1.82, 2.24) is 4.98 Å². The van der Waals surface area contributed by atoms with Gasteiger partial charge in [0.25, 0.3) is 0 Å². The van der Waals surface area contributed by atoms with Gasteiger partial charge in [-0.15, -0.1) is 0 Å². The van der Waals surface area contributed by atoms with Crippen molar-refractivity contribution < 1.29 is 8.83 Å². The largest absolute Gasteiger partial charge is 0.463 e. The number of hydrogen-bond acceptors (Lipinski definition) is 3. The molecule has 86 valence electrons. The first kappa shape index (κ1) is 9.48. The summed E-state index contributed by atoms with van der Waals surface area (Å²) in [6.45, 7) is 0. The molecular formula is C15H9NO2. The zero-order chi connectivity index (χ0) is 11.9. The summed E-state index contributed by atoms with van der Waals surface area (Å²) >= 11 is 0.